The molecule has 0 radical (unpaired) electrons. The van der Waals surface area contributed by atoms with Crippen molar-refractivity contribution in [3.63, 3.8) is 0 Å². The second kappa shape index (κ2) is 10.3. The highest BCUT2D eigenvalue weighted by atomic mass is 32.2. The average Bonchev–Trinajstić information content (AvgIpc) is 2.79. The molecule has 3 rings (SSSR count). The smallest absolute Gasteiger partial charge is 0.261 e. The molecule has 0 saturated heterocycles. The van der Waals surface area contributed by atoms with Gasteiger partial charge in [-0.15, -0.1) is 0 Å². The zero-order valence-corrected chi connectivity index (χ0v) is 19.3. The molecule has 3 aromatic rings. The summed E-state index contributed by atoms with van der Waals surface area (Å²) >= 11 is 0. The minimum Gasteiger partial charge on any atom is -0.496 e. The predicted octanol–water partition coefficient (Wildman–Crippen LogP) is 4.61. The number of para-hydroxylation sites is 1. The zero-order chi connectivity index (χ0) is 23.1. The van der Waals surface area contributed by atoms with Gasteiger partial charge in [-0.25, -0.2) is 8.42 Å². The van der Waals surface area contributed by atoms with E-state index in [2.05, 4.69) is 10.0 Å². The Hall–Kier alpha value is -3.32. The minimum atomic E-state index is -3.67. The van der Waals surface area contributed by atoms with Crippen molar-refractivity contribution >= 4 is 21.6 Å². The van der Waals surface area contributed by atoms with Crippen LogP contribution >= 0.6 is 0 Å². The third-order valence-corrected chi connectivity index (χ3v) is 6.56. The van der Waals surface area contributed by atoms with Gasteiger partial charge >= 0.3 is 0 Å². The van der Waals surface area contributed by atoms with E-state index in [1.807, 2.05) is 50.2 Å². The number of ether oxygens (including phenoxy) is 1. The fourth-order valence-corrected chi connectivity index (χ4v) is 4.40. The number of hydrogen-bond acceptors (Lipinski definition) is 4. The summed E-state index contributed by atoms with van der Waals surface area (Å²) in [6.45, 7) is 3.85. The van der Waals surface area contributed by atoms with Gasteiger partial charge < -0.3 is 10.1 Å². The summed E-state index contributed by atoms with van der Waals surface area (Å²) in [5, 5.41) is 2.98. The molecule has 2 N–H and O–H groups in total. The van der Waals surface area contributed by atoms with Crippen LogP contribution in [0.25, 0.3) is 0 Å². The molecule has 0 aliphatic heterocycles. The first-order chi connectivity index (χ1) is 15.3. The van der Waals surface area contributed by atoms with Gasteiger partial charge in [0.05, 0.1) is 18.0 Å². The normalized spacial score (nSPS) is 12.1. The first-order valence-corrected chi connectivity index (χ1v) is 11.9. The van der Waals surface area contributed by atoms with Crippen LogP contribution in [0.2, 0.25) is 0 Å². The van der Waals surface area contributed by atoms with Crippen LogP contribution in [0.1, 0.15) is 36.1 Å². The van der Waals surface area contributed by atoms with Gasteiger partial charge in [0.25, 0.3) is 10.0 Å². The average molecular weight is 453 g/mol. The second-order valence-corrected chi connectivity index (χ2v) is 9.33. The summed E-state index contributed by atoms with van der Waals surface area (Å²) in [7, 11) is -2.06. The van der Waals surface area contributed by atoms with Gasteiger partial charge in [-0.1, -0.05) is 48.0 Å². The molecule has 0 fully saturated rings. The molecule has 0 spiro atoms. The lowest BCUT2D eigenvalue weighted by molar-refractivity contribution is -0.121. The Bertz CT molecular complexity index is 1160. The Morgan fingerprint density at radius 1 is 0.969 bits per heavy atom. The van der Waals surface area contributed by atoms with E-state index in [1.165, 1.54) is 0 Å². The van der Waals surface area contributed by atoms with E-state index >= 15 is 0 Å². The van der Waals surface area contributed by atoms with E-state index in [1.54, 1.807) is 43.5 Å². The number of anilines is 1. The minimum absolute atomic E-state index is 0.0823. The highest BCUT2D eigenvalue weighted by Crippen LogP contribution is 2.24. The Balaban J connectivity index is 1.56. The molecule has 0 aliphatic rings. The van der Waals surface area contributed by atoms with E-state index in [4.69, 9.17) is 4.74 Å². The molecule has 32 heavy (non-hydrogen) atoms. The number of nitrogens with one attached hydrogen (secondary N) is 2. The molecule has 0 saturated carbocycles. The first kappa shape index (κ1) is 23.3. The second-order valence-electron chi connectivity index (χ2n) is 7.65. The van der Waals surface area contributed by atoms with Gasteiger partial charge in [0.2, 0.25) is 5.91 Å². The monoisotopic (exact) mass is 452 g/mol. The molecule has 6 nitrogen and oxygen atoms in total. The number of amides is 1. The lowest BCUT2D eigenvalue weighted by atomic mass is 10.1. The molecular formula is C25H28N2O4S. The van der Waals surface area contributed by atoms with Gasteiger partial charge in [0, 0.05) is 17.7 Å². The van der Waals surface area contributed by atoms with Crippen LogP contribution in [0.5, 0.6) is 5.75 Å². The van der Waals surface area contributed by atoms with Crippen LogP contribution in [0.15, 0.2) is 77.7 Å². The van der Waals surface area contributed by atoms with Crippen molar-refractivity contribution in [3.05, 3.63) is 89.5 Å². The Morgan fingerprint density at radius 2 is 1.62 bits per heavy atom. The fourth-order valence-electron chi connectivity index (χ4n) is 3.34. The topological polar surface area (TPSA) is 84.5 Å². The van der Waals surface area contributed by atoms with Crippen LogP contribution in [-0.2, 0) is 21.2 Å². The number of hydrogen-bond donors (Lipinski definition) is 2. The maximum absolute atomic E-state index is 12.6. The maximum Gasteiger partial charge on any atom is 0.261 e. The molecule has 0 aliphatic carbocycles. The van der Waals surface area contributed by atoms with Crippen LogP contribution in [-0.4, -0.2) is 21.4 Å². The molecule has 0 aromatic heterocycles. The summed E-state index contributed by atoms with van der Waals surface area (Å²) in [6, 6.07) is 21.1. The molecule has 0 unspecified atom stereocenters. The number of methoxy groups -OCH3 is 1. The van der Waals surface area contributed by atoms with Crippen LogP contribution < -0.4 is 14.8 Å². The third-order valence-electron chi connectivity index (χ3n) is 5.16. The Labute approximate surface area is 189 Å². The number of sulfonamides is 1. The van der Waals surface area contributed by atoms with Gasteiger partial charge in [0.15, 0.2) is 0 Å². The number of aryl methyl sites for hydroxylation is 2. The number of rotatable bonds is 9. The fraction of sp³-hybridized carbons (Fsp3) is 0.240. The van der Waals surface area contributed by atoms with Crippen LogP contribution in [0.3, 0.4) is 0 Å². The molecular weight excluding hydrogens is 424 g/mol. The lowest BCUT2D eigenvalue weighted by Crippen LogP contribution is -2.27. The van der Waals surface area contributed by atoms with Gasteiger partial charge in [-0.3, -0.25) is 9.52 Å². The lowest BCUT2D eigenvalue weighted by Gasteiger charge is -2.17. The maximum atomic E-state index is 12.6. The van der Waals surface area contributed by atoms with Crippen molar-refractivity contribution in [1.29, 1.82) is 0 Å². The SMILES string of the molecule is COc1ccccc1[C@H](C)NC(=O)CCc1ccc(S(=O)(=O)Nc2ccc(C)cc2)cc1. The third kappa shape index (κ3) is 6.11. The first-order valence-electron chi connectivity index (χ1n) is 10.4. The summed E-state index contributed by atoms with van der Waals surface area (Å²) < 4.78 is 33.1. The van der Waals surface area contributed by atoms with Gasteiger partial charge in [0.1, 0.15) is 5.75 Å². The van der Waals surface area contributed by atoms with Crippen molar-refractivity contribution in [2.45, 2.75) is 37.6 Å². The van der Waals surface area contributed by atoms with Crippen molar-refractivity contribution in [1.82, 2.24) is 5.32 Å². The van der Waals surface area contributed by atoms with Crippen molar-refractivity contribution in [2.24, 2.45) is 0 Å². The molecule has 3 aromatic carbocycles. The van der Waals surface area contributed by atoms with E-state index in [0.717, 1.165) is 22.4 Å². The summed E-state index contributed by atoms with van der Waals surface area (Å²) in [6.07, 6.45) is 0.809. The van der Waals surface area contributed by atoms with Gasteiger partial charge in [-0.05, 0) is 56.2 Å². The van der Waals surface area contributed by atoms with Crippen molar-refractivity contribution in [3.8, 4) is 5.75 Å². The summed E-state index contributed by atoms with van der Waals surface area (Å²) in [5.74, 6) is 0.650. The zero-order valence-electron chi connectivity index (χ0n) is 18.5. The van der Waals surface area contributed by atoms with Crippen LogP contribution in [0.4, 0.5) is 5.69 Å². The molecule has 1 atom stereocenters. The summed E-state index contributed by atoms with van der Waals surface area (Å²) in [5.41, 5.74) is 3.37. The number of benzene rings is 3. The van der Waals surface area contributed by atoms with Crippen molar-refractivity contribution < 1.29 is 17.9 Å². The molecule has 1 amide bonds. The highest BCUT2D eigenvalue weighted by molar-refractivity contribution is 7.92. The highest BCUT2D eigenvalue weighted by Gasteiger charge is 2.15. The van der Waals surface area contributed by atoms with Gasteiger partial charge in [-0.2, -0.15) is 0 Å². The summed E-state index contributed by atoms with van der Waals surface area (Å²) in [4.78, 5) is 12.6. The van der Waals surface area contributed by atoms with E-state index < -0.39 is 10.0 Å². The van der Waals surface area contributed by atoms with E-state index in [-0.39, 0.29) is 16.8 Å². The number of carbonyl (C=O) groups excluding carboxylic acids is 1. The largest absolute Gasteiger partial charge is 0.496 e. The van der Waals surface area contributed by atoms with Crippen LogP contribution in [0, 0.1) is 6.92 Å². The van der Waals surface area contributed by atoms with Crippen molar-refractivity contribution in [2.75, 3.05) is 11.8 Å². The van der Waals surface area contributed by atoms with E-state index in [9.17, 15) is 13.2 Å². The molecule has 168 valence electrons. The molecule has 7 heteroatoms. The molecule has 0 bridgehead atoms. The standard InChI is InChI=1S/C25H28N2O4S/c1-18-8-13-21(14-9-18)27-32(29,30)22-15-10-20(11-16-22)12-17-25(28)26-19(2)23-6-4-5-7-24(23)31-3/h4-11,13-16,19,27H,12,17H2,1-3H3,(H,26,28)/t19-/m0/s1. The Morgan fingerprint density at radius 3 is 2.28 bits per heavy atom. The van der Waals surface area contributed by atoms with E-state index in [0.29, 0.717) is 18.5 Å². The quantitative estimate of drug-likeness (QED) is 0.496. The predicted molar refractivity (Wildman–Crippen MR) is 126 cm³/mol. The Kier molecular flexibility index (Phi) is 7.53. The molecule has 0 heterocycles. The number of carbonyl (C=O) groups is 1.